The largest absolute Gasteiger partial charge is 0.418 e. The van der Waals surface area contributed by atoms with Crippen LogP contribution in [0.4, 0.5) is 18.9 Å². The van der Waals surface area contributed by atoms with Crippen molar-refractivity contribution < 1.29 is 13.2 Å². The molecule has 0 spiro atoms. The van der Waals surface area contributed by atoms with Crippen molar-refractivity contribution >= 4 is 18.1 Å². The monoisotopic (exact) mass is 226 g/mol. The summed E-state index contributed by atoms with van der Waals surface area (Å²) in [6, 6.07) is 3.91. The molecule has 6 heteroatoms. The minimum Gasteiger partial charge on any atom is -0.324 e. The molecule has 1 aromatic rings. The average molecular weight is 227 g/mol. The van der Waals surface area contributed by atoms with E-state index in [1.807, 2.05) is 5.43 Å². The highest BCUT2D eigenvalue weighted by molar-refractivity contribution is 5.85. The lowest BCUT2D eigenvalue weighted by atomic mass is 10.1. The number of alkyl halides is 3. The number of hydrazine groups is 1. The summed E-state index contributed by atoms with van der Waals surface area (Å²) in [5.74, 6) is 4.95. The van der Waals surface area contributed by atoms with E-state index >= 15 is 0 Å². The van der Waals surface area contributed by atoms with Gasteiger partial charge in [0.05, 0.1) is 11.3 Å². The quantitative estimate of drug-likeness (QED) is 0.571. The zero-order chi connectivity index (χ0) is 10.1. The van der Waals surface area contributed by atoms with Crippen LogP contribution in [0.15, 0.2) is 18.2 Å². The summed E-state index contributed by atoms with van der Waals surface area (Å²) >= 11 is 0. The van der Waals surface area contributed by atoms with E-state index in [2.05, 4.69) is 0 Å². The van der Waals surface area contributed by atoms with Gasteiger partial charge in [0.2, 0.25) is 0 Å². The van der Waals surface area contributed by atoms with E-state index in [1.165, 1.54) is 6.07 Å². The molecule has 0 saturated carbocycles. The number of hydrogen-bond donors (Lipinski definition) is 2. The Morgan fingerprint density at radius 1 is 1.29 bits per heavy atom. The highest BCUT2D eigenvalue weighted by atomic mass is 35.5. The molecule has 1 rings (SSSR count). The fourth-order valence-electron chi connectivity index (χ4n) is 1.02. The van der Waals surface area contributed by atoms with E-state index in [9.17, 15) is 13.2 Å². The predicted octanol–water partition coefficient (Wildman–Crippen LogP) is 2.72. The molecule has 3 N–H and O–H groups in total. The second-order valence-electron chi connectivity index (χ2n) is 2.69. The summed E-state index contributed by atoms with van der Waals surface area (Å²) in [6.45, 7) is 1.59. The van der Waals surface area contributed by atoms with Crippen LogP contribution < -0.4 is 11.3 Å². The third-order valence-corrected chi connectivity index (χ3v) is 1.64. The van der Waals surface area contributed by atoms with E-state index in [-0.39, 0.29) is 18.1 Å². The first-order valence-corrected chi connectivity index (χ1v) is 3.59. The van der Waals surface area contributed by atoms with Crippen molar-refractivity contribution in [1.29, 1.82) is 0 Å². The van der Waals surface area contributed by atoms with Crippen LogP contribution in [-0.4, -0.2) is 0 Å². The van der Waals surface area contributed by atoms with Crippen molar-refractivity contribution in [1.82, 2.24) is 0 Å². The van der Waals surface area contributed by atoms with E-state index in [4.69, 9.17) is 5.84 Å². The Kier molecular flexibility index (Phi) is 4.22. The van der Waals surface area contributed by atoms with Crippen LogP contribution in [0.1, 0.15) is 11.1 Å². The van der Waals surface area contributed by atoms with Crippen LogP contribution in [0.25, 0.3) is 0 Å². The van der Waals surface area contributed by atoms with Crippen LogP contribution in [0.5, 0.6) is 0 Å². The van der Waals surface area contributed by atoms with Gasteiger partial charge in [0.15, 0.2) is 0 Å². The SMILES string of the molecule is Cc1ccc(NN)c(C(F)(F)F)c1.Cl. The molecule has 0 amide bonds. The molecule has 0 aromatic heterocycles. The number of halogens is 4. The van der Waals surface area contributed by atoms with Gasteiger partial charge in [-0.15, -0.1) is 12.4 Å². The molecule has 0 radical (unpaired) electrons. The van der Waals surface area contributed by atoms with Gasteiger partial charge in [0.25, 0.3) is 0 Å². The van der Waals surface area contributed by atoms with Gasteiger partial charge in [-0.1, -0.05) is 11.6 Å². The molecule has 0 heterocycles. The van der Waals surface area contributed by atoms with Crippen LogP contribution >= 0.6 is 12.4 Å². The zero-order valence-electron chi connectivity index (χ0n) is 7.35. The molecule has 1 aromatic carbocycles. The van der Waals surface area contributed by atoms with Gasteiger partial charge in [-0.25, -0.2) is 0 Å². The van der Waals surface area contributed by atoms with Crippen LogP contribution in [0.2, 0.25) is 0 Å². The number of hydrogen-bond acceptors (Lipinski definition) is 2. The minimum absolute atomic E-state index is 0. The van der Waals surface area contributed by atoms with Gasteiger partial charge in [-0.05, 0) is 19.1 Å². The van der Waals surface area contributed by atoms with Crippen molar-refractivity contribution in [2.45, 2.75) is 13.1 Å². The number of aryl methyl sites for hydroxylation is 1. The zero-order valence-corrected chi connectivity index (χ0v) is 8.17. The molecule has 0 fully saturated rings. The minimum atomic E-state index is -4.37. The Morgan fingerprint density at radius 2 is 1.86 bits per heavy atom. The van der Waals surface area contributed by atoms with E-state index < -0.39 is 11.7 Å². The Morgan fingerprint density at radius 3 is 2.29 bits per heavy atom. The third kappa shape index (κ3) is 2.78. The smallest absolute Gasteiger partial charge is 0.324 e. The molecule has 0 aliphatic carbocycles. The first kappa shape index (κ1) is 13.1. The summed E-state index contributed by atoms with van der Waals surface area (Å²) in [5, 5.41) is 0. The second kappa shape index (κ2) is 4.52. The number of nitrogen functional groups attached to an aromatic ring is 1. The highest BCUT2D eigenvalue weighted by Crippen LogP contribution is 2.34. The maximum atomic E-state index is 12.3. The van der Waals surface area contributed by atoms with Gasteiger partial charge in [-0.3, -0.25) is 5.84 Å². The van der Waals surface area contributed by atoms with Crippen molar-refractivity contribution in [2.75, 3.05) is 5.43 Å². The molecule has 80 valence electrons. The Labute approximate surface area is 85.7 Å². The summed E-state index contributed by atoms with van der Waals surface area (Å²) in [6.07, 6.45) is -4.37. The Bertz CT molecular complexity index is 312. The lowest BCUT2D eigenvalue weighted by molar-refractivity contribution is -0.137. The molecule has 2 nitrogen and oxygen atoms in total. The maximum absolute atomic E-state index is 12.3. The number of nitrogens with two attached hydrogens (primary N) is 1. The maximum Gasteiger partial charge on any atom is 0.418 e. The predicted molar refractivity (Wildman–Crippen MR) is 51.2 cm³/mol. The summed E-state index contributed by atoms with van der Waals surface area (Å²) < 4.78 is 37.0. The first-order valence-electron chi connectivity index (χ1n) is 3.59. The van der Waals surface area contributed by atoms with Gasteiger partial charge in [0, 0.05) is 0 Å². The fourth-order valence-corrected chi connectivity index (χ4v) is 1.02. The molecule has 0 saturated heterocycles. The van der Waals surface area contributed by atoms with Crippen LogP contribution in [0, 0.1) is 6.92 Å². The van der Waals surface area contributed by atoms with E-state index in [0.717, 1.165) is 6.07 Å². The standard InChI is InChI=1S/C8H9F3N2.ClH/c1-5-2-3-7(13-12)6(4-5)8(9,10)11;/h2-4,13H,12H2,1H3;1H. The van der Waals surface area contributed by atoms with Gasteiger partial charge >= 0.3 is 6.18 Å². The van der Waals surface area contributed by atoms with Gasteiger partial charge in [0.1, 0.15) is 0 Å². The Balaban J connectivity index is 0.00000169. The second-order valence-corrected chi connectivity index (χ2v) is 2.69. The van der Waals surface area contributed by atoms with Crippen LogP contribution in [0.3, 0.4) is 0 Å². The highest BCUT2D eigenvalue weighted by Gasteiger charge is 2.33. The van der Waals surface area contributed by atoms with E-state index in [0.29, 0.717) is 5.56 Å². The lowest BCUT2D eigenvalue weighted by Crippen LogP contribution is -2.14. The van der Waals surface area contributed by atoms with Crippen molar-refractivity contribution in [3.05, 3.63) is 29.3 Å². The first-order chi connectivity index (χ1) is 5.95. The molecule has 0 aliphatic rings. The average Bonchev–Trinajstić information content (AvgIpc) is 2.03. The van der Waals surface area contributed by atoms with Crippen LogP contribution in [-0.2, 0) is 6.18 Å². The topological polar surface area (TPSA) is 38.0 Å². The fraction of sp³-hybridized carbons (Fsp3) is 0.250. The third-order valence-electron chi connectivity index (χ3n) is 1.64. The van der Waals surface area contributed by atoms with Crippen molar-refractivity contribution in [3.8, 4) is 0 Å². The normalized spacial score (nSPS) is 10.6. The molecule has 0 atom stereocenters. The van der Waals surface area contributed by atoms with Gasteiger partial charge in [-0.2, -0.15) is 13.2 Å². The number of anilines is 1. The van der Waals surface area contributed by atoms with Crippen molar-refractivity contribution in [3.63, 3.8) is 0 Å². The Hall–Kier alpha value is -0.940. The van der Waals surface area contributed by atoms with E-state index in [1.54, 1.807) is 13.0 Å². The molecular formula is C8H10ClF3N2. The molecule has 0 bridgehead atoms. The van der Waals surface area contributed by atoms with Gasteiger partial charge < -0.3 is 5.43 Å². The number of rotatable bonds is 1. The number of nitrogens with one attached hydrogen (secondary N) is 1. The molecule has 0 unspecified atom stereocenters. The number of benzene rings is 1. The summed E-state index contributed by atoms with van der Waals surface area (Å²) in [7, 11) is 0. The summed E-state index contributed by atoms with van der Waals surface area (Å²) in [5.41, 5.74) is 1.70. The summed E-state index contributed by atoms with van der Waals surface area (Å²) in [4.78, 5) is 0. The molecule has 14 heavy (non-hydrogen) atoms. The molecule has 0 aliphatic heterocycles. The lowest BCUT2D eigenvalue weighted by Gasteiger charge is -2.12. The van der Waals surface area contributed by atoms with Crippen molar-refractivity contribution in [2.24, 2.45) is 5.84 Å². The molecular weight excluding hydrogens is 217 g/mol.